The van der Waals surface area contributed by atoms with Crippen molar-refractivity contribution in [1.82, 2.24) is 44.9 Å². The SMILES string of the molecule is Cc1nnc(CCCCCCCCCCn2cc(COCCOCCOCCOCCOCc3ccc(C(=O)N4CCC4=O)cc3)nn2)n1C1CC2CCC(C1)N2CC[C@H](NC(=O)C1CCC(F)(F)CC1)c1ccccc1. The van der Waals surface area contributed by atoms with Crippen LogP contribution in [0.15, 0.2) is 60.8 Å². The number of carbonyl (C=O) groups is 3. The van der Waals surface area contributed by atoms with E-state index in [0.29, 0.717) is 103 Å². The van der Waals surface area contributed by atoms with Crippen LogP contribution < -0.4 is 5.32 Å². The highest BCUT2D eigenvalue weighted by atomic mass is 19.3. The molecule has 4 fully saturated rings. The molecule has 19 heteroatoms. The third-order valence-electron chi connectivity index (χ3n) is 15.9. The summed E-state index contributed by atoms with van der Waals surface area (Å²) in [4.78, 5) is 41.1. The maximum absolute atomic E-state index is 13.9. The number of amides is 3. The minimum Gasteiger partial charge on any atom is -0.377 e. The van der Waals surface area contributed by atoms with Gasteiger partial charge in [0.2, 0.25) is 17.7 Å². The number of fused-ring (bicyclic) bond motifs is 2. The molecular formula is C58H83F2N9O8. The molecular weight excluding hydrogens is 989 g/mol. The normalized spacial score (nSPS) is 19.9. The summed E-state index contributed by atoms with van der Waals surface area (Å²) < 4.78 is 60.2. The van der Waals surface area contributed by atoms with Crippen molar-refractivity contribution in [3.8, 4) is 0 Å². The highest BCUT2D eigenvalue weighted by molar-refractivity contribution is 6.07. The van der Waals surface area contributed by atoms with Crippen LogP contribution in [0, 0.1) is 12.8 Å². The minimum absolute atomic E-state index is 0.0851. The van der Waals surface area contributed by atoms with Gasteiger partial charge in [0.05, 0.1) is 78.3 Å². The maximum Gasteiger partial charge on any atom is 0.260 e. The van der Waals surface area contributed by atoms with Gasteiger partial charge in [-0.25, -0.2) is 8.78 Å². The van der Waals surface area contributed by atoms with E-state index >= 15 is 0 Å². The summed E-state index contributed by atoms with van der Waals surface area (Å²) in [5.41, 5.74) is 3.34. The lowest BCUT2D eigenvalue weighted by molar-refractivity contribution is -0.136. The van der Waals surface area contributed by atoms with Gasteiger partial charge >= 0.3 is 0 Å². The number of carbonyl (C=O) groups excluding carboxylic acids is 3. The number of β-lactam (4-membered cyclic amide) rings is 1. The highest BCUT2D eigenvalue weighted by Gasteiger charge is 2.43. The standard InChI is InChI=1S/C58H83F2N9O8/c1-44-62-64-54(69(44)52-39-50-20-21-51(40-52)67(50)29-24-53(46-13-9-8-10-14-46)61-56(71)47-22-26-58(59,60)27-23-47)15-11-6-4-2-3-5-7-12-28-66-41-49(63-65-66)43-77-38-36-75-34-32-73-31-33-74-35-37-76-42-45-16-18-48(19-17-45)57(72)68-30-25-55(68)70/h8-10,13-14,16-19,41,47,50-53H,2-7,11-12,15,20-40,42-43H2,1H3,(H,61,71)/t50?,51?,52?,53-/m0/s1. The Hall–Kier alpha value is -5.05. The van der Waals surface area contributed by atoms with E-state index in [4.69, 9.17) is 23.7 Å². The Bertz CT molecular complexity index is 2380. The maximum atomic E-state index is 13.9. The lowest BCUT2D eigenvalue weighted by Gasteiger charge is -2.40. The molecule has 8 rings (SSSR count). The number of halogens is 2. The molecule has 1 aliphatic carbocycles. The summed E-state index contributed by atoms with van der Waals surface area (Å²) in [5.74, 6) is -1.32. The van der Waals surface area contributed by atoms with Crippen molar-refractivity contribution in [3.63, 3.8) is 0 Å². The number of nitrogens with zero attached hydrogens (tertiary/aromatic N) is 8. The molecule has 2 aromatic heterocycles. The molecule has 3 saturated heterocycles. The average molecular weight is 1070 g/mol. The second-order valence-corrected chi connectivity index (χ2v) is 21.5. The van der Waals surface area contributed by atoms with Crippen LogP contribution in [0.1, 0.15) is 166 Å². The number of imide groups is 1. The molecule has 3 amide bonds. The lowest BCUT2D eigenvalue weighted by atomic mass is 9.86. The van der Waals surface area contributed by atoms with E-state index in [9.17, 15) is 23.2 Å². The van der Waals surface area contributed by atoms with E-state index in [2.05, 4.69) is 54.3 Å². The fraction of sp³-hybridized carbons (Fsp3) is 0.672. The Morgan fingerprint density at radius 2 is 1.31 bits per heavy atom. The van der Waals surface area contributed by atoms with Crippen molar-refractivity contribution < 1.29 is 46.8 Å². The van der Waals surface area contributed by atoms with E-state index < -0.39 is 5.92 Å². The Morgan fingerprint density at radius 1 is 0.701 bits per heavy atom. The Morgan fingerprint density at radius 3 is 1.94 bits per heavy atom. The van der Waals surface area contributed by atoms with Crippen molar-refractivity contribution in [1.29, 1.82) is 0 Å². The zero-order valence-electron chi connectivity index (χ0n) is 45.4. The molecule has 422 valence electrons. The van der Waals surface area contributed by atoms with Crippen LogP contribution in [0.5, 0.6) is 0 Å². The highest BCUT2D eigenvalue weighted by Crippen LogP contribution is 2.42. The van der Waals surface area contributed by atoms with Crippen molar-refractivity contribution >= 4 is 17.7 Å². The van der Waals surface area contributed by atoms with Gasteiger partial charge in [0.25, 0.3) is 5.91 Å². The first-order valence-electron chi connectivity index (χ1n) is 28.7. The van der Waals surface area contributed by atoms with Crippen LogP contribution in [0.2, 0.25) is 0 Å². The summed E-state index contributed by atoms with van der Waals surface area (Å²) >= 11 is 0. The van der Waals surface area contributed by atoms with E-state index in [1.54, 1.807) is 12.1 Å². The fourth-order valence-electron chi connectivity index (χ4n) is 11.5. The molecule has 3 atom stereocenters. The van der Waals surface area contributed by atoms with Crippen molar-refractivity contribution in [2.24, 2.45) is 5.92 Å². The van der Waals surface area contributed by atoms with Gasteiger partial charge in [0.15, 0.2) is 0 Å². The predicted octanol–water partition coefficient (Wildman–Crippen LogP) is 8.94. The number of ether oxygens (including phenoxy) is 5. The summed E-state index contributed by atoms with van der Waals surface area (Å²) in [7, 11) is 0. The number of piperidine rings is 1. The van der Waals surface area contributed by atoms with Crippen molar-refractivity contribution in [2.75, 3.05) is 65.9 Å². The second kappa shape index (κ2) is 30.4. The van der Waals surface area contributed by atoms with E-state index in [0.717, 1.165) is 80.1 Å². The largest absolute Gasteiger partial charge is 0.377 e. The predicted molar refractivity (Wildman–Crippen MR) is 285 cm³/mol. The summed E-state index contributed by atoms with van der Waals surface area (Å²) in [5, 5.41) is 21.1. The first kappa shape index (κ1) is 58.1. The first-order valence-corrected chi connectivity index (χ1v) is 28.7. The van der Waals surface area contributed by atoms with Crippen LogP contribution in [0.25, 0.3) is 0 Å². The zero-order chi connectivity index (χ0) is 53.7. The molecule has 1 saturated carbocycles. The smallest absolute Gasteiger partial charge is 0.260 e. The molecule has 4 aliphatic rings. The lowest BCUT2D eigenvalue weighted by Crippen LogP contribution is -2.47. The molecule has 2 aromatic carbocycles. The number of nitrogens with one attached hydrogen (secondary N) is 1. The molecule has 17 nitrogen and oxygen atoms in total. The number of hydrogen-bond acceptors (Lipinski definition) is 13. The number of hydrogen-bond donors (Lipinski definition) is 1. The monoisotopic (exact) mass is 1070 g/mol. The van der Waals surface area contributed by atoms with Crippen LogP contribution in [0.3, 0.4) is 0 Å². The zero-order valence-corrected chi connectivity index (χ0v) is 45.4. The van der Waals surface area contributed by atoms with Gasteiger partial charge in [-0.15, -0.1) is 15.3 Å². The van der Waals surface area contributed by atoms with Gasteiger partial charge in [0, 0.05) is 74.9 Å². The summed E-state index contributed by atoms with van der Waals surface area (Å²) in [6.45, 7) is 8.84. The number of aromatic nitrogens is 6. The second-order valence-electron chi connectivity index (χ2n) is 21.5. The number of benzene rings is 2. The number of unbranched alkanes of at least 4 members (excludes halogenated alkanes) is 7. The molecule has 77 heavy (non-hydrogen) atoms. The molecule has 2 bridgehead atoms. The molecule has 2 unspecified atom stereocenters. The Kier molecular flexibility index (Phi) is 22.9. The molecule has 0 spiro atoms. The molecule has 4 aromatic rings. The fourth-order valence-corrected chi connectivity index (χ4v) is 11.5. The summed E-state index contributed by atoms with van der Waals surface area (Å²) in [6.07, 6.45) is 18.2. The van der Waals surface area contributed by atoms with Crippen molar-refractivity contribution in [2.45, 2.75) is 179 Å². The molecule has 3 aliphatic heterocycles. The molecule has 5 heterocycles. The van der Waals surface area contributed by atoms with Crippen LogP contribution >= 0.6 is 0 Å². The Balaban J connectivity index is 0.596. The summed E-state index contributed by atoms with van der Waals surface area (Å²) in [6, 6.07) is 18.5. The van der Waals surface area contributed by atoms with Crippen molar-refractivity contribution in [3.05, 3.63) is 94.8 Å². The molecule has 0 radical (unpaired) electrons. The number of likely N-dealkylation sites (tertiary alicyclic amines) is 1. The average Bonchev–Trinajstić information content (AvgIpc) is 4.13. The van der Waals surface area contributed by atoms with Crippen LogP contribution in [0.4, 0.5) is 8.78 Å². The van der Waals surface area contributed by atoms with Gasteiger partial charge in [-0.05, 0) is 88.0 Å². The topological polar surface area (TPSA) is 177 Å². The minimum atomic E-state index is -2.65. The quantitative estimate of drug-likeness (QED) is 0.0263. The molecule has 1 N–H and O–H groups in total. The number of alkyl halides is 2. The van der Waals surface area contributed by atoms with E-state index in [-0.39, 0.29) is 55.4 Å². The third-order valence-corrected chi connectivity index (χ3v) is 15.9. The van der Waals surface area contributed by atoms with Gasteiger partial charge < -0.3 is 33.6 Å². The number of rotatable bonds is 35. The van der Waals surface area contributed by atoms with Crippen LogP contribution in [-0.2, 0) is 59.5 Å². The Labute approximate surface area is 453 Å². The van der Waals surface area contributed by atoms with E-state index in [1.807, 2.05) is 41.2 Å². The third kappa shape index (κ3) is 18.0. The van der Waals surface area contributed by atoms with Gasteiger partial charge in [0.1, 0.15) is 17.3 Å². The van der Waals surface area contributed by atoms with Crippen LogP contribution in [-0.4, -0.2) is 141 Å². The number of aryl methyl sites for hydroxylation is 3. The van der Waals surface area contributed by atoms with Gasteiger partial charge in [-0.1, -0.05) is 86.2 Å². The first-order chi connectivity index (χ1) is 37.6. The van der Waals surface area contributed by atoms with Gasteiger partial charge in [-0.3, -0.25) is 28.9 Å². The van der Waals surface area contributed by atoms with E-state index in [1.165, 1.54) is 56.3 Å². The van der Waals surface area contributed by atoms with Gasteiger partial charge in [-0.2, -0.15) is 0 Å².